The average Bonchev–Trinajstić information content (AvgIpc) is 2.98. The fourth-order valence-corrected chi connectivity index (χ4v) is 5.12. The molecule has 208 valence electrons. The summed E-state index contributed by atoms with van der Waals surface area (Å²) in [6.07, 6.45) is 0.965. The number of hydrogen-bond donors (Lipinski definition) is 0. The largest absolute Gasteiger partial charge is 0.482 e. The number of benzene rings is 3. The molecular formula is C31H34N4O5. The first-order valence-electron chi connectivity index (χ1n) is 13.6. The maximum atomic E-state index is 13.4. The molecule has 0 N–H and O–H groups in total. The van der Waals surface area contributed by atoms with E-state index in [2.05, 4.69) is 37.8 Å². The number of carbonyl (C=O) groups is 2. The Morgan fingerprint density at radius 2 is 1.73 bits per heavy atom. The fourth-order valence-electron chi connectivity index (χ4n) is 5.12. The summed E-state index contributed by atoms with van der Waals surface area (Å²) in [5.74, 6) is 0.525. The van der Waals surface area contributed by atoms with Gasteiger partial charge in [0.2, 0.25) is 0 Å². The molecule has 2 heterocycles. The van der Waals surface area contributed by atoms with Crippen molar-refractivity contribution in [2.75, 3.05) is 42.6 Å². The molecule has 9 heteroatoms. The van der Waals surface area contributed by atoms with Crippen LogP contribution in [-0.2, 0) is 16.8 Å². The van der Waals surface area contributed by atoms with Gasteiger partial charge in [-0.25, -0.2) is 0 Å². The van der Waals surface area contributed by atoms with Crippen LogP contribution in [0.5, 0.6) is 5.75 Å². The SMILES string of the molecule is CCC(C)(C)c1ccc2c(c1)N(Cc1cccc(C(=O)N3CCN(c4ccc([N+](=O)[O-])cc4)CC3)c1)C(=O)CO2. The van der Waals surface area contributed by atoms with Crippen LogP contribution in [-0.4, -0.2) is 54.4 Å². The number of anilines is 2. The minimum absolute atomic E-state index is 0.0127. The number of nitrogens with zero attached hydrogens (tertiary/aromatic N) is 4. The Hall–Kier alpha value is -4.40. The smallest absolute Gasteiger partial charge is 0.269 e. The minimum Gasteiger partial charge on any atom is -0.482 e. The Labute approximate surface area is 234 Å². The van der Waals surface area contributed by atoms with E-state index in [-0.39, 0.29) is 29.5 Å². The molecule has 40 heavy (non-hydrogen) atoms. The highest BCUT2D eigenvalue weighted by Gasteiger charge is 2.29. The molecule has 0 unspecified atom stereocenters. The van der Waals surface area contributed by atoms with Crippen molar-refractivity contribution in [2.24, 2.45) is 0 Å². The van der Waals surface area contributed by atoms with Crippen molar-refractivity contribution >= 4 is 28.9 Å². The molecule has 0 aliphatic carbocycles. The van der Waals surface area contributed by atoms with Gasteiger partial charge in [0.05, 0.1) is 17.2 Å². The Bertz CT molecular complexity index is 1430. The molecule has 0 spiro atoms. The first-order valence-corrected chi connectivity index (χ1v) is 13.6. The number of nitro groups is 1. The van der Waals surface area contributed by atoms with Crippen LogP contribution in [0.25, 0.3) is 0 Å². The zero-order valence-electron chi connectivity index (χ0n) is 23.1. The van der Waals surface area contributed by atoms with E-state index in [4.69, 9.17) is 4.74 Å². The standard InChI is InChI=1S/C31H34N4O5/c1-4-31(2,3)24-8-13-28-27(19-24)34(29(36)21-40-28)20-22-6-5-7-23(18-22)30(37)33-16-14-32(15-17-33)25-9-11-26(12-10-25)35(38)39/h5-13,18-19H,4,14-17,20-21H2,1-3H3. The molecule has 9 nitrogen and oxygen atoms in total. The van der Waals surface area contributed by atoms with Gasteiger partial charge < -0.3 is 19.4 Å². The van der Waals surface area contributed by atoms with Gasteiger partial charge in [-0.3, -0.25) is 19.7 Å². The number of carbonyl (C=O) groups excluding carboxylic acids is 2. The molecule has 0 atom stereocenters. The molecule has 3 aromatic carbocycles. The lowest BCUT2D eigenvalue weighted by molar-refractivity contribution is -0.384. The van der Waals surface area contributed by atoms with Gasteiger partial charge >= 0.3 is 0 Å². The van der Waals surface area contributed by atoms with Crippen LogP contribution in [0.4, 0.5) is 17.1 Å². The molecule has 1 fully saturated rings. The third-order valence-electron chi connectivity index (χ3n) is 8.07. The summed E-state index contributed by atoms with van der Waals surface area (Å²) in [7, 11) is 0. The summed E-state index contributed by atoms with van der Waals surface area (Å²) in [5, 5.41) is 10.9. The van der Waals surface area contributed by atoms with Crippen molar-refractivity contribution in [2.45, 2.75) is 39.2 Å². The number of piperazine rings is 1. The molecule has 2 amide bonds. The van der Waals surface area contributed by atoms with E-state index in [0.29, 0.717) is 44.0 Å². The predicted molar refractivity (Wildman–Crippen MR) is 154 cm³/mol. The van der Waals surface area contributed by atoms with E-state index in [0.717, 1.165) is 28.9 Å². The lowest BCUT2D eigenvalue weighted by Gasteiger charge is -2.36. The van der Waals surface area contributed by atoms with Gasteiger partial charge in [0.1, 0.15) is 5.75 Å². The van der Waals surface area contributed by atoms with E-state index < -0.39 is 4.92 Å². The van der Waals surface area contributed by atoms with Crippen molar-refractivity contribution in [1.29, 1.82) is 0 Å². The van der Waals surface area contributed by atoms with Crippen molar-refractivity contribution in [3.63, 3.8) is 0 Å². The third kappa shape index (κ3) is 5.50. The maximum absolute atomic E-state index is 13.4. The molecule has 3 aromatic rings. The first kappa shape index (κ1) is 27.2. The van der Waals surface area contributed by atoms with Crippen LogP contribution in [0.2, 0.25) is 0 Å². The number of nitro benzene ring substituents is 1. The number of fused-ring (bicyclic) bond motifs is 1. The Balaban J connectivity index is 1.28. The van der Waals surface area contributed by atoms with Gasteiger partial charge in [-0.05, 0) is 59.4 Å². The highest BCUT2D eigenvalue weighted by Crippen LogP contribution is 2.38. The molecule has 0 bridgehead atoms. The van der Waals surface area contributed by atoms with Crippen molar-refractivity contribution in [3.8, 4) is 5.75 Å². The van der Waals surface area contributed by atoms with E-state index in [1.165, 1.54) is 12.1 Å². The normalized spacial score (nSPS) is 15.5. The van der Waals surface area contributed by atoms with Gasteiger partial charge in [-0.1, -0.05) is 39.0 Å². The topological polar surface area (TPSA) is 96.2 Å². The fraction of sp³-hybridized carbons (Fsp3) is 0.355. The number of amides is 2. The molecule has 0 aromatic heterocycles. The third-order valence-corrected chi connectivity index (χ3v) is 8.07. The molecular weight excluding hydrogens is 508 g/mol. The second-order valence-corrected chi connectivity index (χ2v) is 10.9. The maximum Gasteiger partial charge on any atom is 0.269 e. The van der Waals surface area contributed by atoms with E-state index in [1.807, 2.05) is 35.2 Å². The van der Waals surface area contributed by atoms with Crippen LogP contribution in [0.15, 0.2) is 66.7 Å². The van der Waals surface area contributed by atoms with Crippen molar-refractivity contribution < 1.29 is 19.2 Å². The van der Waals surface area contributed by atoms with Gasteiger partial charge in [-0.15, -0.1) is 0 Å². The Morgan fingerprint density at radius 1 is 1.00 bits per heavy atom. The highest BCUT2D eigenvalue weighted by molar-refractivity contribution is 5.98. The molecule has 1 saturated heterocycles. The number of non-ortho nitro benzene ring substituents is 1. The summed E-state index contributed by atoms with van der Waals surface area (Å²) in [6, 6.07) is 20.0. The van der Waals surface area contributed by atoms with Crippen LogP contribution in [0.1, 0.15) is 48.7 Å². The molecule has 0 saturated carbocycles. The lowest BCUT2D eigenvalue weighted by atomic mass is 9.82. The van der Waals surface area contributed by atoms with Gasteiger partial charge in [0.25, 0.3) is 17.5 Å². The predicted octanol–water partition coefficient (Wildman–Crippen LogP) is 5.17. The zero-order chi connectivity index (χ0) is 28.4. The molecule has 2 aliphatic rings. The number of hydrogen-bond acceptors (Lipinski definition) is 6. The first-order chi connectivity index (χ1) is 19.2. The molecule has 2 aliphatic heterocycles. The Morgan fingerprint density at radius 3 is 2.40 bits per heavy atom. The summed E-state index contributed by atoms with van der Waals surface area (Å²) in [5.41, 5.74) is 4.30. The van der Waals surface area contributed by atoms with Gasteiger partial charge in [-0.2, -0.15) is 0 Å². The van der Waals surface area contributed by atoms with E-state index in [9.17, 15) is 19.7 Å². The van der Waals surface area contributed by atoms with Crippen molar-refractivity contribution in [3.05, 3.63) is 93.5 Å². The van der Waals surface area contributed by atoms with Crippen LogP contribution in [0, 0.1) is 10.1 Å². The average molecular weight is 543 g/mol. The second-order valence-electron chi connectivity index (χ2n) is 10.9. The summed E-state index contributed by atoms with van der Waals surface area (Å²) < 4.78 is 5.72. The highest BCUT2D eigenvalue weighted by atomic mass is 16.6. The minimum atomic E-state index is -0.410. The van der Waals surface area contributed by atoms with Crippen molar-refractivity contribution in [1.82, 2.24) is 4.90 Å². The number of rotatable bonds is 7. The van der Waals surface area contributed by atoms with Crippen LogP contribution in [0.3, 0.4) is 0 Å². The van der Waals surface area contributed by atoms with Crippen LogP contribution >= 0.6 is 0 Å². The second kappa shape index (κ2) is 11.0. The summed E-state index contributed by atoms with van der Waals surface area (Å²) in [6.45, 7) is 9.23. The van der Waals surface area contributed by atoms with Gasteiger partial charge in [0.15, 0.2) is 6.61 Å². The molecule has 5 rings (SSSR count). The monoisotopic (exact) mass is 542 g/mol. The Kier molecular flexibility index (Phi) is 7.47. The lowest BCUT2D eigenvalue weighted by Crippen LogP contribution is -2.48. The van der Waals surface area contributed by atoms with E-state index in [1.54, 1.807) is 17.0 Å². The van der Waals surface area contributed by atoms with Crippen LogP contribution < -0.4 is 14.5 Å². The quantitative estimate of drug-likeness (QED) is 0.302. The molecule has 0 radical (unpaired) electrons. The summed E-state index contributed by atoms with van der Waals surface area (Å²) in [4.78, 5) is 42.6. The summed E-state index contributed by atoms with van der Waals surface area (Å²) >= 11 is 0. The zero-order valence-corrected chi connectivity index (χ0v) is 23.1. The van der Waals surface area contributed by atoms with E-state index >= 15 is 0 Å². The number of ether oxygens (including phenoxy) is 1. The van der Waals surface area contributed by atoms with Gasteiger partial charge in [0, 0.05) is 49.6 Å².